The van der Waals surface area contributed by atoms with Crippen LogP contribution in [0.2, 0.25) is 0 Å². The first-order valence-electron chi connectivity index (χ1n) is 9.02. The normalized spacial score (nSPS) is 14.0. The summed E-state index contributed by atoms with van der Waals surface area (Å²) in [6.45, 7) is 3.92. The molecule has 1 aliphatic rings. The highest BCUT2D eigenvalue weighted by Crippen LogP contribution is 2.29. The number of halogens is 1. The van der Waals surface area contributed by atoms with Crippen LogP contribution < -0.4 is 15.4 Å². The van der Waals surface area contributed by atoms with Crippen molar-refractivity contribution in [2.45, 2.75) is 25.7 Å². The Bertz CT molecular complexity index is 776. The van der Waals surface area contributed by atoms with Gasteiger partial charge in [0.2, 0.25) is 0 Å². The van der Waals surface area contributed by atoms with Crippen LogP contribution in [0.3, 0.4) is 0 Å². The third kappa shape index (κ3) is 6.19. The lowest BCUT2D eigenvalue weighted by Gasteiger charge is -2.20. The maximum absolute atomic E-state index is 12.4. The largest absolute Gasteiger partial charge is 0.482 e. The molecule has 1 aromatic carbocycles. The number of hydrogen-bond acceptors (Lipinski definition) is 7. The van der Waals surface area contributed by atoms with Crippen LogP contribution in [-0.4, -0.2) is 43.2 Å². The summed E-state index contributed by atoms with van der Waals surface area (Å²) in [4.78, 5) is 28.8. The van der Waals surface area contributed by atoms with Crippen molar-refractivity contribution in [1.82, 2.24) is 10.3 Å². The van der Waals surface area contributed by atoms with Crippen LogP contribution in [0.15, 0.2) is 30.5 Å². The average molecular weight is 426 g/mol. The quantitative estimate of drug-likeness (QED) is 0.662. The predicted octanol–water partition coefficient (Wildman–Crippen LogP) is 3.23. The van der Waals surface area contributed by atoms with Crippen molar-refractivity contribution in [2.24, 2.45) is 0 Å². The summed E-state index contributed by atoms with van der Waals surface area (Å²) in [6, 6.07) is 6.85. The van der Waals surface area contributed by atoms with Crippen LogP contribution in [0.25, 0.3) is 0 Å². The molecule has 2 heterocycles. The van der Waals surface area contributed by atoms with E-state index in [4.69, 9.17) is 9.47 Å². The molecule has 7 nitrogen and oxygen atoms in total. The van der Waals surface area contributed by atoms with E-state index in [-0.39, 0.29) is 24.9 Å². The number of rotatable bonds is 7. The molecule has 28 heavy (non-hydrogen) atoms. The lowest BCUT2D eigenvalue weighted by molar-refractivity contribution is -0.145. The Hall–Kier alpha value is -2.16. The molecule has 1 aliphatic heterocycles. The van der Waals surface area contributed by atoms with E-state index in [9.17, 15) is 9.59 Å². The Morgan fingerprint density at radius 1 is 1.25 bits per heavy atom. The molecular weight excluding hydrogens is 402 g/mol. The molecule has 0 radical (unpaired) electrons. The van der Waals surface area contributed by atoms with Crippen LogP contribution in [0, 0.1) is 0 Å². The molecule has 0 bridgehead atoms. The molecule has 2 N–H and O–H groups in total. The molecule has 3 rings (SSSR count). The molecule has 1 saturated heterocycles. The number of aromatic nitrogens is 1. The number of amides is 1. The van der Waals surface area contributed by atoms with Crippen molar-refractivity contribution in [3.05, 3.63) is 40.3 Å². The van der Waals surface area contributed by atoms with Crippen molar-refractivity contribution in [1.29, 1.82) is 0 Å². The summed E-state index contributed by atoms with van der Waals surface area (Å²) in [5.74, 6) is 0.387. The number of ether oxygens (including phenoxy) is 2. The number of thiazole rings is 1. The van der Waals surface area contributed by atoms with E-state index >= 15 is 0 Å². The van der Waals surface area contributed by atoms with E-state index in [1.54, 1.807) is 37.4 Å². The van der Waals surface area contributed by atoms with Gasteiger partial charge in [-0.15, -0.1) is 23.7 Å². The van der Waals surface area contributed by atoms with Gasteiger partial charge in [0.25, 0.3) is 5.91 Å². The molecular formula is C19H24ClN3O4S. The van der Waals surface area contributed by atoms with Gasteiger partial charge >= 0.3 is 5.97 Å². The maximum atomic E-state index is 12.4. The number of esters is 1. The third-order valence-electron chi connectivity index (χ3n) is 4.21. The zero-order valence-electron chi connectivity index (χ0n) is 15.6. The zero-order chi connectivity index (χ0) is 19.1. The van der Waals surface area contributed by atoms with E-state index in [0.29, 0.717) is 28.8 Å². The molecule has 152 valence electrons. The van der Waals surface area contributed by atoms with E-state index < -0.39 is 5.97 Å². The summed E-state index contributed by atoms with van der Waals surface area (Å²) in [7, 11) is 0. The highest BCUT2D eigenvalue weighted by Gasteiger charge is 2.20. The first-order chi connectivity index (χ1) is 13.2. The smallest absolute Gasteiger partial charge is 0.344 e. The van der Waals surface area contributed by atoms with Gasteiger partial charge in [-0.25, -0.2) is 9.78 Å². The molecule has 9 heteroatoms. The number of nitrogens with zero attached hydrogens (tertiary/aromatic N) is 1. The van der Waals surface area contributed by atoms with Crippen molar-refractivity contribution >= 4 is 41.3 Å². The van der Waals surface area contributed by atoms with Crippen LogP contribution in [0.4, 0.5) is 5.69 Å². The Morgan fingerprint density at radius 2 is 1.96 bits per heavy atom. The minimum atomic E-state index is -0.412. The zero-order valence-corrected chi connectivity index (χ0v) is 17.2. The van der Waals surface area contributed by atoms with E-state index in [1.807, 2.05) is 0 Å². The summed E-state index contributed by atoms with van der Waals surface area (Å²) in [5, 5.41) is 7.22. The Morgan fingerprint density at radius 3 is 2.64 bits per heavy atom. The first-order valence-corrected chi connectivity index (χ1v) is 9.83. The van der Waals surface area contributed by atoms with Gasteiger partial charge in [0, 0.05) is 11.6 Å². The predicted molar refractivity (Wildman–Crippen MR) is 111 cm³/mol. The monoisotopic (exact) mass is 425 g/mol. The van der Waals surface area contributed by atoms with Crippen LogP contribution in [-0.2, 0) is 9.53 Å². The molecule has 1 fully saturated rings. The second-order valence-electron chi connectivity index (χ2n) is 6.16. The highest BCUT2D eigenvalue weighted by atomic mass is 35.5. The van der Waals surface area contributed by atoms with Crippen molar-refractivity contribution in [3.8, 4) is 5.75 Å². The number of nitrogens with one attached hydrogen (secondary N) is 2. The van der Waals surface area contributed by atoms with Crippen LogP contribution in [0.1, 0.15) is 40.4 Å². The molecule has 0 aliphatic carbocycles. The fourth-order valence-electron chi connectivity index (χ4n) is 2.82. The molecule has 2 aromatic rings. The first kappa shape index (κ1) is 22.1. The number of benzene rings is 1. The van der Waals surface area contributed by atoms with Gasteiger partial charge in [0.05, 0.1) is 17.8 Å². The molecule has 1 amide bonds. The minimum absolute atomic E-state index is 0. The summed E-state index contributed by atoms with van der Waals surface area (Å²) in [5.41, 5.74) is 0.653. The van der Waals surface area contributed by atoms with Crippen LogP contribution >= 0.6 is 23.7 Å². The van der Waals surface area contributed by atoms with Crippen molar-refractivity contribution in [2.75, 3.05) is 31.6 Å². The number of anilines is 1. The molecule has 0 atom stereocenters. The summed E-state index contributed by atoms with van der Waals surface area (Å²) < 4.78 is 10.1. The third-order valence-corrected chi connectivity index (χ3v) is 5.37. The van der Waals surface area contributed by atoms with Gasteiger partial charge in [0.1, 0.15) is 10.6 Å². The highest BCUT2D eigenvalue weighted by molar-refractivity contribution is 7.13. The van der Waals surface area contributed by atoms with Gasteiger partial charge in [0.15, 0.2) is 6.61 Å². The Balaban J connectivity index is 0.00000280. The number of hydrogen-bond donors (Lipinski definition) is 2. The fourth-order valence-corrected chi connectivity index (χ4v) is 3.80. The number of piperidine rings is 1. The molecule has 1 aromatic heterocycles. The molecule has 0 spiro atoms. The van der Waals surface area contributed by atoms with E-state index in [1.165, 1.54) is 11.3 Å². The van der Waals surface area contributed by atoms with Gasteiger partial charge in [-0.2, -0.15) is 0 Å². The lowest BCUT2D eigenvalue weighted by Crippen LogP contribution is -2.26. The van der Waals surface area contributed by atoms with Gasteiger partial charge in [-0.05, 0) is 57.1 Å². The van der Waals surface area contributed by atoms with Gasteiger partial charge < -0.3 is 20.1 Å². The van der Waals surface area contributed by atoms with Crippen LogP contribution in [0.5, 0.6) is 5.75 Å². The summed E-state index contributed by atoms with van der Waals surface area (Å²) in [6.07, 6.45) is 3.76. The minimum Gasteiger partial charge on any atom is -0.482 e. The molecule has 0 unspecified atom stereocenters. The SMILES string of the molecule is CCOC(=O)COc1ccc(NC(=O)c2cnc(C3CCNCC3)s2)cc1.Cl. The summed E-state index contributed by atoms with van der Waals surface area (Å²) >= 11 is 1.46. The van der Waals surface area contributed by atoms with E-state index in [2.05, 4.69) is 15.6 Å². The van der Waals surface area contributed by atoms with E-state index in [0.717, 1.165) is 30.9 Å². The fraction of sp³-hybridized carbons (Fsp3) is 0.421. The topological polar surface area (TPSA) is 89.5 Å². The Kier molecular flexibility index (Phi) is 8.69. The Labute approximate surface area is 174 Å². The number of carbonyl (C=O) groups excluding carboxylic acids is 2. The second-order valence-corrected chi connectivity index (χ2v) is 7.22. The number of carbonyl (C=O) groups is 2. The van der Waals surface area contributed by atoms with Crippen molar-refractivity contribution in [3.63, 3.8) is 0 Å². The van der Waals surface area contributed by atoms with Gasteiger partial charge in [-0.1, -0.05) is 0 Å². The standard InChI is InChI=1S/C19H23N3O4S.ClH/c1-2-25-17(23)12-26-15-5-3-14(4-6-15)22-18(24)16-11-21-19(27-16)13-7-9-20-10-8-13;/h3-6,11,13,20H,2,7-10,12H2,1H3,(H,22,24);1H. The van der Waals surface area contributed by atoms with Gasteiger partial charge in [-0.3, -0.25) is 4.79 Å². The van der Waals surface area contributed by atoms with Crippen molar-refractivity contribution < 1.29 is 19.1 Å². The average Bonchev–Trinajstić information content (AvgIpc) is 3.19. The second kappa shape index (κ2) is 11.0. The lowest BCUT2D eigenvalue weighted by atomic mass is 9.99. The maximum Gasteiger partial charge on any atom is 0.344 e. The molecule has 0 saturated carbocycles.